The lowest BCUT2D eigenvalue weighted by molar-refractivity contribution is -0.127. The first-order valence-corrected chi connectivity index (χ1v) is 10.3. The van der Waals surface area contributed by atoms with Gasteiger partial charge in [-0.1, -0.05) is 18.2 Å². The SMILES string of the molecule is CCN1C[C@@]2(CC1=O)CN(C(=O)Nc1ccccc1)CCN(C(=O)NC(C)C)C2. The van der Waals surface area contributed by atoms with E-state index in [-0.39, 0.29) is 24.0 Å². The van der Waals surface area contributed by atoms with Crippen LogP contribution in [0.15, 0.2) is 30.3 Å². The summed E-state index contributed by atoms with van der Waals surface area (Å²) in [4.78, 5) is 43.5. The van der Waals surface area contributed by atoms with E-state index in [2.05, 4.69) is 10.6 Å². The van der Waals surface area contributed by atoms with E-state index in [0.717, 1.165) is 5.69 Å². The fourth-order valence-corrected chi connectivity index (χ4v) is 4.15. The Morgan fingerprint density at radius 2 is 1.66 bits per heavy atom. The zero-order valence-corrected chi connectivity index (χ0v) is 17.5. The van der Waals surface area contributed by atoms with Crippen molar-refractivity contribution in [3.63, 3.8) is 0 Å². The molecule has 158 valence electrons. The fourth-order valence-electron chi connectivity index (χ4n) is 4.15. The Bertz CT molecular complexity index is 754. The fraction of sp³-hybridized carbons (Fsp3) is 0.571. The van der Waals surface area contributed by atoms with Crippen molar-refractivity contribution in [2.24, 2.45) is 5.41 Å². The molecule has 2 aliphatic rings. The number of rotatable bonds is 3. The number of hydrogen-bond donors (Lipinski definition) is 2. The molecular formula is C21H31N5O3. The summed E-state index contributed by atoms with van der Waals surface area (Å²) < 4.78 is 0. The van der Waals surface area contributed by atoms with Gasteiger partial charge in [0.2, 0.25) is 5.91 Å². The van der Waals surface area contributed by atoms with Crippen LogP contribution in [0.1, 0.15) is 27.2 Å². The van der Waals surface area contributed by atoms with E-state index in [1.165, 1.54) is 0 Å². The quantitative estimate of drug-likeness (QED) is 0.814. The molecule has 1 spiro atoms. The first-order valence-electron chi connectivity index (χ1n) is 10.3. The van der Waals surface area contributed by atoms with Crippen molar-refractivity contribution in [3.8, 4) is 0 Å². The second-order valence-corrected chi connectivity index (χ2v) is 8.33. The van der Waals surface area contributed by atoms with Gasteiger partial charge < -0.3 is 25.3 Å². The number of nitrogens with one attached hydrogen (secondary N) is 2. The molecule has 0 radical (unpaired) electrons. The van der Waals surface area contributed by atoms with Crippen LogP contribution in [0, 0.1) is 5.41 Å². The summed E-state index contributed by atoms with van der Waals surface area (Å²) >= 11 is 0. The number of amides is 5. The van der Waals surface area contributed by atoms with E-state index in [0.29, 0.717) is 45.7 Å². The smallest absolute Gasteiger partial charge is 0.321 e. The molecule has 29 heavy (non-hydrogen) atoms. The first kappa shape index (κ1) is 21.0. The number of urea groups is 2. The van der Waals surface area contributed by atoms with Crippen LogP contribution in [0.5, 0.6) is 0 Å². The Morgan fingerprint density at radius 1 is 1.03 bits per heavy atom. The highest BCUT2D eigenvalue weighted by molar-refractivity contribution is 5.89. The van der Waals surface area contributed by atoms with Crippen LogP contribution in [0.25, 0.3) is 0 Å². The molecule has 2 heterocycles. The van der Waals surface area contributed by atoms with Crippen molar-refractivity contribution in [1.29, 1.82) is 0 Å². The van der Waals surface area contributed by atoms with E-state index in [9.17, 15) is 14.4 Å². The van der Waals surface area contributed by atoms with E-state index in [4.69, 9.17) is 0 Å². The second-order valence-electron chi connectivity index (χ2n) is 8.33. The molecule has 2 aliphatic heterocycles. The van der Waals surface area contributed by atoms with Crippen molar-refractivity contribution in [3.05, 3.63) is 30.3 Å². The highest BCUT2D eigenvalue weighted by Gasteiger charge is 2.47. The molecular weight excluding hydrogens is 370 g/mol. The number of hydrogen-bond acceptors (Lipinski definition) is 3. The van der Waals surface area contributed by atoms with Gasteiger partial charge in [-0.2, -0.15) is 0 Å². The number of nitrogens with zero attached hydrogens (tertiary/aromatic N) is 3. The highest BCUT2D eigenvalue weighted by Crippen LogP contribution is 2.35. The number of anilines is 1. The topological polar surface area (TPSA) is 85.0 Å². The minimum absolute atomic E-state index is 0.0246. The molecule has 0 saturated carbocycles. The third kappa shape index (κ3) is 4.99. The van der Waals surface area contributed by atoms with Crippen LogP contribution >= 0.6 is 0 Å². The van der Waals surface area contributed by atoms with Crippen LogP contribution < -0.4 is 10.6 Å². The molecule has 0 aliphatic carbocycles. The summed E-state index contributed by atoms with van der Waals surface area (Å²) in [6.07, 6.45) is 0.349. The van der Waals surface area contributed by atoms with E-state index >= 15 is 0 Å². The molecule has 2 saturated heterocycles. The maximum atomic E-state index is 12.9. The van der Waals surface area contributed by atoms with Crippen LogP contribution in [0.2, 0.25) is 0 Å². The summed E-state index contributed by atoms with van der Waals surface area (Å²) in [7, 11) is 0. The van der Waals surface area contributed by atoms with Gasteiger partial charge in [0, 0.05) is 62.8 Å². The number of carbonyl (C=O) groups is 3. The van der Waals surface area contributed by atoms with Crippen molar-refractivity contribution < 1.29 is 14.4 Å². The van der Waals surface area contributed by atoms with Gasteiger partial charge in [0.25, 0.3) is 0 Å². The Balaban J connectivity index is 1.80. The number of carbonyl (C=O) groups excluding carboxylic acids is 3. The van der Waals surface area contributed by atoms with Crippen LogP contribution in [0.4, 0.5) is 15.3 Å². The molecule has 0 unspecified atom stereocenters. The summed E-state index contributed by atoms with van der Waals surface area (Å²) in [6.45, 7) is 8.75. The van der Waals surface area contributed by atoms with Crippen LogP contribution in [-0.4, -0.2) is 78.0 Å². The lowest BCUT2D eigenvalue weighted by Crippen LogP contribution is -2.49. The molecule has 8 heteroatoms. The van der Waals surface area contributed by atoms with Gasteiger partial charge in [0.15, 0.2) is 0 Å². The zero-order chi connectivity index (χ0) is 21.0. The van der Waals surface area contributed by atoms with Gasteiger partial charge in [-0.05, 0) is 32.9 Å². The van der Waals surface area contributed by atoms with Gasteiger partial charge >= 0.3 is 12.1 Å². The van der Waals surface area contributed by atoms with Crippen molar-refractivity contribution in [2.75, 3.05) is 44.6 Å². The first-order chi connectivity index (χ1) is 13.8. The van der Waals surface area contributed by atoms with Crippen molar-refractivity contribution in [2.45, 2.75) is 33.2 Å². The minimum Gasteiger partial charge on any atom is -0.342 e. The normalized spacial score (nSPS) is 22.2. The average molecular weight is 402 g/mol. The molecule has 0 aromatic heterocycles. The van der Waals surface area contributed by atoms with Gasteiger partial charge in [-0.3, -0.25) is 4.79 Å². The maximum Gasteiger partial charge on any atom is 0.321 e. The molecule has 2 fully saturated rings. The summed E-state index contributed by atoms with van der Waals surface area (Å²) in [5.74, 6) is 0.0852. The summed E-state index contributed by atoms with van der Waals surface area (Å²) in [5.41, 5.74) is 0.272. The maximum absolute atomic E-state index is 12.9. The van der Waals surface area contributed by atoms with Crippen molar-refractivity contribution in [1.82, 2.24) is 20.0 Å². The third-order valence-corrected chi connectivity index (χ3v) is 5.49. The minimum atomic E-state index is -0.452. The number of para-hydroxylation sites is 1. The van der Waals surface area contributed by atoms with Gasteiger partial charge in [0.1, 0.15) is 0 Å². The lowest BCUT2D eigenvalue weighted by atomic mass is 9.86. The summed E-state index contributed by atoms with van der Waals surface area (Å²) in [6, 6.07) is 8.98. The largest absolute Gasteiger partial charge is 0.342 e. The molecule has 1 aromatic rings. The Kier molecular flexibility index (Phi) is 6.30. The predicted molar refractivity (Wildman–Crippen MR) is 112 cm³/mol. The molecule has 1 atom stereocenters. The van der Waals surface area contributed by atoms with E-state index in [1.807, 2.05) is 56.0 Å². The van der Waals surface area contributed by atoms with Gasteiger partial charge in [0.05, 0.1) is 0 Å². The number of benzene rings is 1. The van der Waals surface area contributed by atoms with E-state index in [1.54, 1.807) is 9.80 Å². The molecule has 1 aromatic carbocycles. The highest BCUT2D eigenvalue weighted by atomic mass is 16.2. The zero-order valence-electron chi connectivity index (χ0n) is 17.5. The second kappa shape index (κ2) is 8.71. The molecule has 2 N–H and O–H groups in total. The van der Waals surface area contributed by atoms with Gasteiger partial charge in [-0.15, -0.1) is 0 Å². The Labute approximate surface area is 172 Å². The van der Waals surface area contributed by atoms with Crippen LogP contribution in [0.3, 0.4) is 0 Å². The van der Waals surface area contributed by atoms with E-state index < -0.39 is 5.41 Å². The Hall–Kier alpha value is -2.77. The Morgan fingerprint density at radius 3 is 2.21 bits per heavy atom. The molecule has 8 nitrogen and oxygen atoms in total. The molecule has 5 amide bonds. The predicted octanol–water partition coefficient (Wildman–Crippen LogP) is 2.19. The number of likely N-dealkylation sites (tertiary alicyclic amines) is 1. The summed E-state index contributed by atoms with van der Waals surface area (Å²) in [5, 5.41) is 5.86. The standard InChI is InChI=1S/C21H31N5O3/c1-4-24-13-21(12-18(24)27)14-25(19(28)22-16(2)3)10-11-26(15-21)20(29)23-17-8-6-5-7-9-17/h5-9,16H,4,10-15H2,1-3H3,(H,22,28)(H,23,29)/t21-/m1/s1. The average Bonchev–Trinajstić information content (AvgIpc) is 2.86. The lowest BCUT2D eigenvalue weighted by Gasteiger charge is -2.33. The third-order valence-electron chi connectivity index (χ3n) is 5.49. The molecule has 3 rings (SSSR count). The van der Waals surface area contributed by atoms with Crippen LogP contribution in [-0.2, 0) is 4.79 Å². The monoisotopic (exact) mass is 401 g/mol. The van der Waals surface area contributed by atoms with Crippen molar-refractivity contribution >= 4 is 23.7 Å². The van der Waals surface area contributed by atoms with Gasteiger partial charge in [-0.25, -0.2) is 9.59 Å². The molecule has 0 bridgehead atoms.